The van der Waals surface area contributed by atoms with Gasteiger partial charge in [0.05, 0.1) is 6.42 Å². The lowest BCUT2D eigenvalue weighted by Gasteiger charge is -2.09. The fourth-order valence-electron chi connectivity index (χ4n) is 1.61. The van der Waals surface area contributed by atoms with Gasteiger partial charge >= 0.3 is 0 Å². The maximum absolute atomic E-state index is 12.0. The van der Waals surface area contributed by atoms with Crippen molar-refractivity contribution in [1.82, 2.24) is 4.98 Å². The number of aromatic nitrogens is 1. The molecule has 0 atom stereocenters. The lowest BCUT2D eigenvalue weighted by atomic mass is 10.1. The number of carbonyl (C=O) groups excluding carboxylic acids is 1. The maximum Gasteiger partial charge on any atom is 0.170 e. The number of rotatable bonds is 5. The number of carbonyl (C=O) groups is 1. The Morgan fingerprint density at radius 3 is 2.63 bits per heavy atom. The van der Waals surface area contributed by atoms with E-state index in [2.05, 4.69) is 39.5 Å². The van der Waals surface area contributed by atoms with Gasteiger partial charge in [-0.15, -0.1) is 0 Å². The number of allylic oxidation sites excluding steroid dienone is 1. The molecule has 1 N–H and O–H groups in total. The summed E-state index contributed by atoms with van der Waals surface area (Å²) in [6.45, 7) is 3.88. The van der Waals surface area contributed by atoms with Crippen LogP contribution in [0.4, 0.5) is 5.69 Å². The van der Waals surface area contributed by atoms with Crippen LogP contribution in [0.15, 0.2) is 61.1 Å². The predicted molar refractivity (Wildman–Crippen MR) is 85.1 cm³/mol. The summed E-state index contributed by atoms with van der Waals surface area (Å²) in [7, 11) is 0. The molecule has 0 amide bonds. The van der Waals surface area contributed by atoms with Gasteiger partial charge in [-0.05, 0) is 59.0 Å². The first-order valence-corrected chi connectivity index (χ1v) is 6.86. The highest BCUT2D eigenvalue weighted by molar-refractivity contribution is 14.1. The smallest absolute Gasteiger partial charge is 0.170 e. The minimum absolute atomic E-state index is 0.0103. The molecule has 2 rings (SSSR count). The Hall–Kier alpha value is -1.69. The summed E-state index contributed by atoms with van der Waals surface area (Å²) >= 11 is 2.25. The molecule has 2 aromatic rings. The molecule has 19 heavy (non-hydrogen) atoms. The molecule has 0 fully saturated rings. The van der Waals surface area contributed by atoms with Gasteiger partial charge in [0.15, 0.2) is 5.78 Å². The molecule has 0 bridgehead atoms. The summed E-state index contributed by atoms with van der Waals surface area (Å²) < 4.78 is 1.17. The first kappa shape index (κ1) is 13.7. The average molecular weight is 364 g/mol. The maximum atomic E-state index is 12.0. The zero-order chi connectivity index (χ0) is 13.7. The zero-order valence-corrected chi connectivity index (χ0v) is 12.4. The van der Waals surface area contributed by atoms with Gasteiger partial charge in [0.25, 0.3) is 0 Å². The minimum Gasteiger partial charge on any atom is -0.359 e. The molecular weight excluding hydrogens is 351 g/mol. The second kappa shape index (κ2) is 6.47. The lowest BCUT2D eigenvalue weighted by molar-refractivity contribution is 0.0993. The summed E-state index contributed by atoms with van der Waals surface area (Å²) in [6.07, 6.45) is 3.48. The third-order valence-corrected chi connectivity index (χ3v) is 3.24. The van der Waals surface area contributed by atoms with E-state index in [9.17, 15) is 4.79 Å². The van der Waals surface area contributed by atoms with Crippen molar-refractivity contribution in [3.8, 4) is 0 Å². The summed E-state index contributed by atoms with van der Waals surface area (Å²) in [5, 5.41) is 3.13. The number of hydrogen-bond donors (Lipinski definition) is 1. The number of halogens is 1. The van der Waals surface area contributed by atoms with E-state index < -0.39 is 0 Å². The Bertz CT molecular complexity index is 579. The Kier molecular flexibility index (Phi) is 4.68. The van der Waals surface area contributed by atoms with Crippen molar-refractivity contribution in [2.75, 3.05) is 5.32 Å². The number of anilines is 1. The van der Waals surface area contributed by atoms with Gasteiger partial charge in [0.1, 0.15) is 0 Å². The molecule has 0 aliphatic rings. The van der Waals surface area contributed by atoms with E-state index in [1.54, 1.807) is 24.5 Å². The number of nitrogens with zero attached hydrogens (tertiary/aromatic N) is 1. The highest BCUT2D eigenvalue weighted by Gasteiger charge is 2.07. The summed E-state index contributed by atoms with van der Waals surface area (Å²) in [5.74, 6) is 0.0103. The van der Waals surface area contributed by atoms with Gasteiger partial charge in [0.2, 0.25) is 0 Å². The van der Waals surface area contributed by atoms with Crippen molar-refractivity contribution >= 4 is 34.1 Å². The number of pyridine rings is 1. The van der Waals surface area contributed by atoms with Crippen LogP contribution < -0.4 is 5.32 Å². The number of Topliss-reactive ketones (excluding diaryl/α,β-unsaturated/α-hetero) is 1. The summed E-state index contributed by atoms with van der Waals surface area (Å²) in [6, 6.07) is 11.4. The van der Waals surface area contributed by atoms with Gasteiger partial charge in [0, 0.05) is 32.9 Å². The van der Waals surface area contributed by atoms with Crippen LogP contribution in [0.1, 0.15) is 16.8 Å². The molecule has 4 heteroatoms. The number of hydrogen-bond acceptors (Lipinski definition) is 3. The van der Waals surface area contributed by atoms with Crippen molar-refractivity contribution in [3.63, 3.8) is 0 Å². The molecule has 96 valence electrons. The van der Waals surface area contributed by atoms with Crippen LogP contribution in [0.25, 0.3) is 0 Å². The highest BCUT2D eigenvalue weighted by atomic mass is 127. The fraction of sp³-hybridized carbons (Fsp3) is 0.0667. The monoisotopic (exact) mass is 364 g/mol. The van der Waals surface area contributed by atoms with Crippen molar-refractivity contribution in [2.45, 2.75) is 6.42 Å². The molecule has 3 nitrogen and oxygen atoms in total. The second-order valence-electron chi connectivity index (χ2n) is 4.08. The first-order chi connectivity index (χ1) is 9.15. The Labute approximate surface area is 125 Å². The van der Waals surface area contributed by atoms with Crippen molar-refractivity contribution in [3.05, 3.63) is 70.2 Å². The Morgan fingerprint density at radius 1 is 1.26 bits per heavy atom. The van der Waals surface area contributed by atoms with Gasteiger partial charge in [-0.2, -0.15) is 0 Å². The van der Waals surface area contributed by atoms with Gasteiger partial charge in [-0.25, -0.2) is 0 Å². The SMILES string of the molecule is C=C(CC(=O)c1cccnc1)Nc1ccc(I)cc1. The molecule has 0 saturated heterocycles. The van der Waals surface area contributed by atoms with Crippen LogP contribution in [0.3, 0.4) is 0 Å². The van der Waals surface area contributed by atoms with Crippen LogP contribution in [0, 0.1) is 3.57 Å². The highest BCUT2D eigenvalue weighted by Crippen LogP contribution is 2.15. The van der Waals surface area contributed by atoms with Crippen LogP contribution in [-0.4, -0.2) is 10.8 Å². The van der Waals surface area contributed by atoms with Crippen molar-refractivity contribution < 1.29 is 4.79 Å². The molecule has 0 saturated carbocycles. The average Bonchev–Trinajstić information content (AvgIpc) is 2.42. The molecule has 0 aliphatic carbocycles. The number of benzene rings is 1. The Morgan fingerprint density at radius 2 is 2.00 bits per heavy atom. The van der Waals surface area contributed by atoms with Gasteiger partial charge < -0.3 is 5.32 Å². The molecule has 0 unspecified atom stereocenters. The van der Waals surface area contributed by atoms with E-state index in [1.165, 1.54) is 3.57 Å². The van der Waals surface area contributed by atoms with Crippen molar-refractivity contribution in [2.24, 2.45) is 0 Å². The lowest BCUT2D eigenvalue weighted by Crippen LogP contribution is -2.06. The first-order valence-electron chi connectivity index (χ1n) is 5.79. The number of nitrogens with one attached hydrogen (secondary N) is 1. The van der Waals surface area contributed by atoms with E-state index >= 15 is 0 Å². The van der Waals surface area contributed by atoms with Crippen LogP contribution in [0.5, 0.6) is 0 Å². The van der Waals surface area contributed by atoms with E-state index in [1.807, 2.05) is 24.3 Å². The molecule has 1 aromatic heterocycles. The van der Waals surface area contributed by atoms with Crippen molar-refractivity contribution in [1.29, 1.82) is 0 Å². The standard InChI is InChI=1S/C15H13IN2O/c1-11(18-14-6-4-13(16)5-7-14)9-15(19)12-3-2-8-17-10-12/h2-8,10,18H,1,9H2. The largest absolute Gasteiger partial charge is 0.359 e. The van der Waals surface area contributed by atoms with Crippen LogP contribution >= 0.6 is 22.6 Å². The quantitative estimate of drug-likeness (QED) is 0.647. The topological polar surface area (TPSA) is 42.0 Å². The Balaban J connectivity index is 1.95. The molecule has 0 spiro atoms. The minimum atomic E-state index is 0.0103. The molecule has 1 aromatic carbocycles. The van der Waals surface area contributed by atoms with E-state index in [0.717, 1.165) is 5.69 Å². The van der Waals surface area contributed by atoms with E-state index in [0.29, 0.717) is 11.3 Å². The van der Waals surface area contributed by atoms with E-state index in [4.69, 9.17) is 0 Å². The fourth-order valence-corrected chi connectivity index (χ4v) is 1.96. The summed E-state index contributed by atoms with van der Waals surface area (Å²) in [4.78, 5) is 15.9. The third-order valence-electron chi connectivity index (χ3n) is 2.52. The predicted octanol–water partition coefficient (Wildman–Crippen LogP) is 3.88. The second-order valence-corrected chi connectivity index (χ2v) is 5.32. The third kappa shape index (κ3) is 4.17. The molecule has 0 radical (unpaired) electrons. The zero-order valence-electron chi connectivity index (χ0n) is 10.3. The normalized spacial score (nSPS) is 9.95. The van der Waals surface area contributed by atoms with E-state index in [-0.39, 0.29) is 12.2 Å². The molecular formula is C15H13IN2O. The molecule has 1 heterocycles. The van der Waals surface area contributed by atoms with Gasteiger partial charge in [-0.3, -0.25) is 9.78 Å². The summed E-state index contributed by atoms with van der Waals surface area (Å²) in [5.41, 5.74) is 2.22. The molecule has 0 aliphatic heterocycles. The number of ketones is 1. The van der Waals surface area contributed by atoms with Crippen LogP contribution in [0.2, 0.25) is 0 Å². The van der Waals surface area contributed by atoms with Gasteiger partial charge in [-0.1, -0.05) is 6.58 Å². The van der Waals surface area contributed by atoms with Crippen LogP contribution in [-0.2, 0) is 0 Å².